The van der Waals surface area contributed by atoms with Gasteiger partial charge in [0.2, 0.25) is 0 Å². The molecule has 0 spiro atoms. The molecule has 2 N–H and O–H groups in total. The standard InChI is InChI=1S/C3H7F3O3S/c1-2-10(7,8,9)3(4,5)6/h2H2,1H3,(H2,7,8,9). The summed E-state index contributed by atoms with van der Waals surface area (Å²) >= 11 is 0. The van der Waals surface area contributed by atoms with E-state index < -0.39 is 20.9 Å². The highest BCUT2D eigenvalue weighted by molar-refractivity contribution is 8.10. The summed E-state index contributed by atoms with van der Waals surface area (Å²) < 4.78 is 60.7. The maximum atomic E-state index is 11.5. The molecule has 0 aromatic carbocycles. The molecule has 0 fully saturated rings. The summed E-state index contributed by atoms with van der Waals surface area (Å²) in [6, 6.07) is 0. The number of hydrogen-bond donors (Lipinski definition) is 2. The normalized spacial score (nSPS) is 18.0. The third-order valence-electron chi connectivity index (χ3n) is 0.986. The molecule has 0 radical (unpaired) electrons. The van der Waals surface area contributed by atoms with Gasteiger partial charge in [0.15, 0.2) is 9.63 Å². The third-order valence-corrected chi connectivity index (χ3v) is 2.96. The summed E-state index contributed by atoms with van der Waals surface area (Å²) in [5.74, 6) is -1.24. The zero-order valence-corrected chi connectivity index (χ0v) is 5.87. The minimum atomic E-state index is -6.35. The molecule has 0 aromatic heterocycles. The summed E-state index contributed by atoms with van der Waals surface area (Å²) in [7, 11) is -6.35. The monoisotopic (exact) mass is 180 g/mol. The van der Waals surface area contributed by atoms with Crippen molar-refractivity contribution in [3.63, 3.8) is 0 Å². The minimum Gasteiger partial charge on any atom is -0.301 e. The topological polar surface area (TPSA) is 57.5 Å². The smallest absolute Gasteiger partial charge is 0.301 e. The van der Waals surface area contributed by atoms with Gasteiger partial charge in [-0.3, -0.25) is 0 Å². The summed E-state index contributed by atoms with van der Waals surface area (Å²) in [5.41, 5.74) is -5.45. The fourth-order valence-corrected chi connectivity index (χ4v) is 0.491. The molecule has 0 aromatic rings. The molecule has 0 unspecified atom stereocenters. The van der Waals surface area contributed by atoms with Crippen LogP contribution in [0.25, 0.3) is 0 Å². The van der Waals surface area contributed by atoms with Gasteiger partial charge in [-0.25, -0.2) is 4.21 Å². The Hall–Kier alpha value is -0.140. The minimum absolute atomic E-state index is 0.780. The van der Waals surface area contributed by atoms with Gasteiger partial charge in [-0.1, -0.05) is 6.92 Å². The molecule has 0 aliphatic carbocycles. The van der Waals surface area contributed by atoms with E-state index in [9.17, 15) is 17.4 Å². The molecule has 0 atom stereocenters. The van der Waals surface area contributed by atoms with Gasteiger partial charge in [-0.2, -0.15) is 13.2 Å². The SMILES string of the molecule is CCS(=O)(O)(O)C(F)(F)F. The maximum absolute atomic E-state index is 11.5. The van der Waals surface area contributed by atoms with E-state index in [1.165, 1.54) is 0 Å². The molecule has 0 saturated carbocycles. The molecule has 3 nitrogen and oxygen atoms in total. The van der Waals surface area contributed by atoms with Crippen LogP contribution in [0, 0.1) is 0 Å². The van der Waals surface area contributed by atoms with Gasteiger partial charge < -0.3 is 9.11 Å². The van der Waals surface area contributed by atoms with E-state index in [0.29, 0.717) is 0 Å². The first-order chi connectivity index (χ1) is 4.09. The first-order valence-electron chi connectivity index (χ1n) is 2.30. The predicted octanol–water partition coefficient (Wildman–Crippen LogP) is 1.29. The highest BCUT2D eigenvalue weighted by Crippen LogP contribution is 2.37. The van der Waals surface area contributed by atoms with Crippen molar-refractivity contribution in [2.24, 2.45) is 0 Å². The summed E-state index contributed by atoms with van der Waals surface area (Å²) in [5, 5.41) is 0. The molecule has 64 valence electrons. The van der Waals surface area contributed by atoms with Gasteiger partial charge >= 0.3 is 5.51 Å². The van der Waals surface area contributed by atoms with Gasteiger partial charge in [0.1, 0.15) is 0 Å². The van der Waals surface area contributed by atoms with Crippen LogP contribution in [0.5, 0.6) is 0 Å². The molecule has 0 aliphatic rings. The van der Waals surface area contributed by atoms with Crippen molar-refractivity contribution < 1.29 is 26.5 Å². The lowest BCUT2D eigenvalue weighted by Gasteiger charge is -2.30. The number of hydrogen-bond acceptors (Lipinski definition) is 1. The first kappa shape index (κ1) is 9.86. The second-order valence-corrected chi connectivity index (χ2v) is 4.83. The van der Waals surface area contributed by atoms with E-state index in [2.05, 4.69) is 0 Å². The van der Waals surface area contributed by atoms with Crippen LogP contribution >= 0.6 is 0 Å². The molecular formula is C3H7F3O3S. The van der Waals surface area contributed by atoms with E-state index in [-0.39, 0.29) is 0 Å². The van der Waals surface area contributed by atoms with Crippen molar-refractivity contribution in [1.82, 2.24) is 0 Å². The first-order valence-corrected chi connectivity index (χ1v) is 4.35. The molecule has 0 bridgehead atoms. The van der Waals surface area contributed by atoms with Crippen molar-refractivity contribution in [3.8, 4) is 0 Å². The average molecular weight is 180 g/mol. The lowest BCUT2D eigenvalue weighted by Crippen LogP contribution is -2.48. The van der Waals surface area contributed by atoms with E-state index in [4.69, 9.17) is 9.11 Å². The third kappa shape index (κ3) is 1.47. The Labute approximate surface area is 55.3 Å². The predicted molar refractivity (Wildman–Crippen MR) is 30.0 cm³/mol. The van der Waals surface area contributed by atoms with Crippen molar-refractivity contribution >= 4 is 9.63 Å². The number of halogens is 3. The fraction of sp³-hybridized carbons (Fsp3) is 1.00. The molecular weight excluding hydrogens is 173 g/mol. The Morgan fingerprint density at radius 2 is 1.70 bits per heavy atom. The van der Waals surface area contributed by atoms with Crippen molar-refractivity contribution in [2.45, 2.75) is 12.4 Å². The summed E-state index contributed by atoms with van der Waals surface area (Å²) in [6.45, 7) is 0.780. The van der Waals surface area contributed by atoms with E-state index in [0.717, 1.165) is 6.92 Å². The highest BCUT2D eigenvalue weighted by atomic mass is 32.3. The highest BCUT2D eigenvalue weighted by Gasteiger charge is 2.57. The summed E-state index contributed by atoms with van der Waals surface area (Å²) in [4.78, 5) is 0. The summed E-state index contributed by atoms with van der Waals surface area (Å²) in [6.07, 6.45) is 0. The molecule has 10 heavy (non-hydrogen) atoms. The van der Waals surface area contributed by atoms with Crippen LogP contribution in [-0.4, -0.2) is 24.6 Å². The second kappa shape index (κ2) is 1.93. The van der Waals surface area contributed by atoms with Crippen LogP contribution in [0.1, 0.15) is 6.92 Å². The van der Waals surface area contributed by atoms with Gasteiger partial charge in [0.25, 0.3) is 0 Å². The Balaban J connectivity index is 4.91. The van der Waals surface area contributed by atoms with Gasteiger partial charge in [0.05, 0.1) is 5.75 Å². The maximum Gasteiger partial charge on any atom is 0.493 e. The zero-order valence-electron chi connectivity index (χ0n) is 5.05. The number of rotatable bonds is 1. The van der Waals surface area contributed by atoms with E-state index >= 15 is 0 Å². The van der Waals surface area contributed by atoms with Crippen LogP contribution in [0.4, 0.5) is 13.2 Å². The Morgan fingerprint density at radius 3 is 1.70 bits per heavy atom. The molecule has 0 heterocycles. The van der Waals surface area contributed by atoms with Crippen LogP contribution in [0.2, 0.25) is 0 Å². The van der Waals surface area contributed by atoms with Crippen LogP contribution < -0.4 is 0 Å². The van der Waals surface area contributed by atoms with Crippen molar-refractivity contribution in [1.29, 1.82) is 0 Å². The largest absolute Gasteiger partial charge is 0.493 e. The molecule has 0 amide bonds. The van der Waals surface area contributed by atoms with E-state index in [1.807, 2.05) is 0 Å². The van der Waals surface area contributed by atoms with E-state index in [1.54, 1.807) is 0 Å². The van der Waals surface area contributed by atoms with Gasteiger partial charge in [0, 0.05) is 0 Å². The molecule has 0 saturated heterocycles. The Kier molecular flexibility index (Phi) is 1.90. The molecule has 0 rings (SSSR count). The molecule has 7 heteroatoms. The zero-order chi connectivity index (χ0) is 8.65. The average Bonchev–Trinajstić information content (AvgIpc) is 1.62. The quantitative estimate of drug-likeness (QED) is 0.639. The fourth-order valence-electron chi connectivity index (χ4n) is 0.164. The molecule has 0 aliphatic heterocycles. The van der Waals surface area contributed by atoms with Crippen molar-refractivity contribution in [2.75, 3.05) is 5.75 Å². The van der Waals surface area contributed by atoms with Crippen LogP contribution in [0.3, 0.4) is 0 Å². The lowest BCUT2D eigenvalue weighted by atomic mass is 11.0. The van der Waals surface area contributed by atoms with Crippen LogP contribution in [0.15, 0.2) is 0 Å². The lowest BCUT2D eigenvalue weighted by molar-refractivity contribution is -0.0643. The van der Waals surface area contributed by atoms with Gasteiger partial charge in [-0.05, 0) is 0 Å². The Morgan fingerprint density at radius 1 is 1.40 bits per heavy atom. The van der Waals surface area contributed by atoms with Gasteiger partial charge in [-0.15, -0.1) is 0 Å². The Bertz CT molecular complexity index is 190. The van der Waals surface area contributed by atoms with Crippen LogP contribution in [-0.2, 0) is 9.63 Å². The second-order valence-electron chi connectivity index (χ2n) is 1.75. The van der Waals surface area contributed by atoms with Crippen molar-refractivity contribution in [3.05, 3.63) is 0 Å². The number of alkyl halides is 3.